The summed E-state index contributed by atoms with van der Waals surface area (Å²) in [6, 6.07) is 3.77. The molecular weight excluding hydrogens is 273 g/mol. The van der Waals surface area contributed by atoms with Crippen LogP contribution in [0.1, 0.15) is 51.9 Å². The second-order valence-corrected chi connectivity index (χ2v) is 5.92. The summed E-state index contributed by atoms with van der Waals surface area (Å²) in [5.41, 5.74) is -0.122. The Morgan fingerprint density at radius 1 is 1.24 bits per heavy atom. The summed E-state index contributed by atoms with van der Waals surface area (Å²) in [7, 11) is -1.39. The fourth-order valence-electron chi connectivity index (χ4n) is 3.02. The maximum absolute atomic E-state index is 13.6. The van der Waals surface area contributed by atoms with Crippen LogP contribution in [0.2, 0.25) is 0 Å². The van der Waals surface area contributed by atoms with E-state index in [2.05, 4.69) is 6.92 Å². The molecule has 2 nitrogen and oxygen atoms in total. The van der Waals surface area contributed by atoms with Crippen LogP contribution in [0.15, 0.2) is 18.2 Å². The third kappa shape index (κ3) is 4.52. The Labute approximate surface area is 125 Å². The number of unbranched alkanes of at least 4 members (excludes halogenated alkanes) is 1. The van der Waals surface area contributed by atoms with Gasteiger partial charge in [-0.15, -0.1) is 0 Å². The molecule has 0 saturated heterocycles. The van der Waals surface area contributed by atoms with Crippen LogP contribution >= 0.6 is 0 Å². The number of halogens is 2. The Balaban J connectivity index is 1.84. The Hall–Kier alpha value is -0.935. The minimum Gasteiger partial charge on any atom is -0.423 e. The van der Waals surface area contributed by atoms with Gasteiger partial charge >= 0.3 is 7.12 Å². The lowest BCUT2D eigenvalue weighted by molar-refractivity contribution is 0.109. The van der Waals surface area contributed by atoms with E-state index in [1.807, 2.05) is 0 Å². The Morgan fingerprint density at radius 3 is 2.62 bits per heavy atom. The third-order valence-corrected chi connectivity index (χ3v) is 4.33. The first kappa shape index (κ1) is 16.4. The standard InChI is InChI=1S/C16H23BF2O2/c1-2-3-5-12-8-10-13(11-9-12)21-17(20)14-6-4-7-15(18)16(14)19/h4,6-7,12-13,20H,2-3,5,8-11H2,1H3. The highest BCUT2D eigenvalue weighted by atomic mass is 19.2. The van der Waals surface area contributed by atoms with Gasteiger partial charge in [-0.1, -0.05) is 38.3 Å². The van der Waals surface area contributed by atoms with Crippen molar-refractivity contribution in [2.24, 2.45) is 5.92 Å². The zero-order chi connectivity index (χ0) is 15.2. The van der Waals surface area contributed by atoms with Crippen molar-refractivity contribution < 1.29 is 18.5 Å². The predicted octanol–water partition coefficient (Wildman–Crippen LogP) is 3.42. The molecule has 1 N–H and O–H groups in total. The molecule has 0 spiro atoms. The second kappa shape index (κ2) is 7.90. The van der Waals surface area contributed by atoms with Gasteiger partial charge in [-0.2, -0.15) is 0 Å². The largest absolute Gasteiger partial charge is 0.494 e. The van der Waals surface area contributed by atoms with Gasteiger partial charge in [0, 0.05) is 11.6 Å². The molecule has 0 atom stereocenters. The van der Waals surface area contributed by atoms with E-state index < -0.39 is 18.8 Å². The lowest BCUT2D eigenvalue weighted by atomic mass is 9.77. The summed E-state index contributed by atoms with van der Waals surface area (Å²) in [6.45, 7) is 2.19. The Bertz CT molecular complexity index is 448. The van der Waals surface area contributed by atoms with Gasteiger partial charge in [0.05, 0.1) is 0 Å². The Kier molecular flexibility index (Phi) is 6.18. The molecule has 116 valence electrons. The molecule has 1 aliphatic carbocycles. The topological polar surface area (TPSA) is 29.5 Å². The molecule has 0 radical (unpaired) electrons. The van der Waals surface area contributed by atoms with Crippen molar-refractivity contribution in [3.63, 3.8) is 0 Å². The molecule has 0 amide bonds. The minimum atomic E-state index is -1.39. The van der Waals surface area contributed by atoms with Crippen molar-refractivity contribution in [1.82, 2.24) is 0 Å². The summed E-state index contributed by atoms with van der Waals surface area (Å²) >= 11 is 0. The van der Waals surface area contributed by atoms with E-state index >= 15 is 0 Å². The number of rotatable bonds is 6. The average molecular weight is 296 g/mol. The highest BCUT2D eigenvalue weighted by molar-refractivity contribution is 6.60. The molecule has 2 rings (SSSR count). The van der Waals surface area contributed by atoms with Crippen molar-refractivity contribution in [2.75, 3.05) is 0 Å². The number of benzene rings is 1. The van der Waals surface area contributed by atoms with Crippen LogP contribution < -0.4 is 5.46 Å². The normalized spacial score (nSPS) is 22.3. The maximum Gasteiger partial charge on any atom is 0.494 e. The van der Waals surface area contributed by atoms with Crippen LogP contribution in [0, 0.1) is 17.6 Å². The molecule has 5 heteroatoms. The lowest BCUT2D eigenvalue weighted by Gasteiger charge is -2.29. The van der Waals surface area contributed by atoms with Gasteiger partial charge in [0.25, 0.3) is 0 Å². The molecule has 21 heavy (non-hydrogen) atoms. The van der Waals surface area contributed by atoms with Crippen LogP contribution in [0.4, 0.5) is 8.78 Å². The predicted molar refractivity (Wildman–Crippen MR) is 80.3 cm³/mol. The van der Waals surface area contributed by atoms with Gasteiger partial charge in [-0.25, -0.2) is 8.78 Å². The van der Waals surface area contributed by atoms with Crippen LogP contribution in [0.3, 0.4) is 0 Å². The van der Waals surface area contributed by atoms with E-state index in [0.29, 0.717) is 0 Å². The monoisotopic (exact) mass is 296 g/mol. The van der Waals surface area contributed by atoms with E-state index in [9.17, 15) is 13.8 Å². The molecule has 1 fully saturated rings. The molecule has 0 unspecified atom stereocenters. The van der Waals surface area contributed by atoms with Gasteiger partial charge in [-0.05, 0) is 37.7 Å². The number of hydrogen-bond donors (Lipinski definition) is 1. The zero-order valence-electron chi connectivity index (χ0n) is 12.5. The average Bonchev–Trinajstić information content (AvgIpc) is 2.49. The van der Waals surface area contributed by atoms with Crippen LogP contribution in [-0.4, -0.2) is 18.2 Å². The molecule has 0 heterocycles. The minimum absolute atomic E-state index is 0.0689. The van der Waals surface area contributed by atoms with Gasteiger partial charge in [0.1, 0.15) is 0 Å². The van der Waals surface area contributed by atoms with E-state index in [1.165, 1.54) is 31.4 Å². The summed E-state index contributed by atoms with van der Waals surface area (Å²) in [4.78, 5) is 0. The van der Waals surface area contributed by atoms with Gasteiger partial charge < -0.3 is 9.68 Å². The fourth-order valence-corrected chi connectivity index (χ4v) is 3.02. The fraction of sp³-hybridized carbons (Fsp3) is 0.625. The SMILES string of the molecule is CCCCC1CCC(OB(O)c2cccc(F)c2F)CC1. The zero-order valence-corrected chi connectivity index (χ0v) is 12.5. The highest BCUT2D eigenvalue weighted by Gasteiger charge is 2.29. The smallest absolute Gasteiger partial charge is 0.423 e. The number of hydrogen-bond acceptors (Lipinski definition) is 2. The lowest BCUT2D eigenvalue weighted by Crippen LogP contribution is -2.40. The molecule has 0 bridgehead atoms. The van der Waals surface area contributed by atoms with Crippen molar-refractivity contribution in [2.45, 2.75) is 58.0 Å². The molecule has 1 aromatic rings. The van der Waals surface area contributed by atoms with Crippen LogP contribution in [-0.2, 0) is 4.65 Å². The first-order valence-electron chi connectivity index (χ1n) is 7.89. The van der Waals surface area contributed by atoms with E-state index in [4.69, 9.17) is 4.65 Å². The summed E-state index contributed by atoms with van der Waals surface area (Å²) in [5, 5.41) is 9.96. The highest BCUT2D eigenvalue weighted by Crippen LogP contribution is 2.29. The van der Waals surface area contributed by atoms with Gasteiger partial charge in [0.2, 0.25) is 0 Å². The molecule has 0 aromatic heterocycles. The van der Waals surface area contributed by atoms with Crippen molar-refractivity contribution in [3.8, 4) is 0 Å². The second-order valence-electron chi connectivity index (χ2n) is 5.92. The van der Waals surface area contributed by atoms with Crippen LogP contribution in [0.25, 0.3) is 0 Å². The van der Waals surface area contributed by atoms with Crippen LogP contribution in [0.5, 0.6) is 0 Å². The Morgan fingerprint density at radius 2 is 1.95 bits per heavy atom. The summed E-state index contributed by atoms with van der Waals surface area (Å²) in [5.74, 6) is -1.24. The molecule has 0 aliphatic heterocycles. The summed E-state index contributed by atoms with van der Waals surface area (Å²) < 4.78 is 32.3. The molecule has 1 aromatic carbocycles. The van der Waals surface area contributed by atoms with Gasteiger partial charge in [-0.3, -0.25) is 0 Å². The van der Waals surface area contributed by atoms with E-state index in [-0.39, 0.29) is 11.6 Å². The van der Waals surface area contributed by atoms with E-state index in [1.54, 1.807) is 0 Å². The third-order valence-electron chi connectivity index (χ3n) is 4.33. The first-order chi connectivity index (χ1) is 10.1. The van der Waals surface area contributed by atoms with E-state index in [0.717, 1.165) is 37.7 Å². The van der Waals surface area contributed by atoms with Crippen molar-refractivity contribution >= 4 is 12.6 Å². The summed E-state index contributed by atoms with van der Waals surface area (Å²) in [6.07, 6.45) is 7.59. The van der Waals surface area contributed by atoms with Gasteiger partial charge in [0.15, 0.2) is 11.6 Å². The van der Waals surface area contributed by atoms with Crippen molar-refractivity contribution in [3.05, 3.63) is 29.8 Å². The van der Waals surface area contributed by atoms with Crippen molar-refractivity contribution in [1.29, 1.82) is 0 Å². The maximum atomic E-state index is 13.6. The molecule has 1 aliphatic rings. The quantitative estimate of drug-likeness (QED) is 0.815. The molecular formula is C16H23BF2O2. The molecule has 1 saturated carbocycles. The first-order valence-corrected chi connectivity index (χ1v) is 7.89.